The molecule has 2 heteroatoms. The van der Waals surface area contributed by atoms with Crippen LogP contribution in [0.1, 0.15) is 31.7 Å². The highest BCUT2D eigenvalue weighted by molar-refractivity contribution is 6.30. The summed E-state index contributed by atoms with van der Waals surface area (Å²) < 4.78 is 0. The molecule has 2 N–H and O–H groups in total. The van der Waals surface area contributed by atoms with Crippen LogP contribution < -0.4 is 5.73 Å². The van der Waals surface area contributed by atoms with E-state index >= 15 is 0 Å². The minimum atomic E-state index is 0.200. The zero-order valence-electron chi connectivity index (χ0n) is 8.13. The van der Waals surface area contributed by atoms with Crippen molar-refractivity contribution in [1.82, 2.24) is 0 Å². The first-order valence-corrected chi connectivity index (χ1v) is 5.04. The normalized spacial score (nSPS) is 15.4. The zero-order valence-corrected chi connectivity index (χ0v) is 8.88. The lowest BCUT2D eigenvalue weighted by atomic mass is 9.91. The van der Waals surface area contributed by atoms with Crippen molar-refractivity contribution in [2.75, 3.05) is 0 Å². The Labute approximate surface area is 84.9 Å². The Bertz CT molecular complexity index is 253. The molecule has 0 aromatic heterocycles. The topological polar surface area (TPSA) is 26.0 Å². The second-order valence-electron chi connectivity index (χ2n) is 3.43. The van der Waals surface area contributed by atoms with E-state index < -0.39 is 0 Å². The summed E-state index contributed by atoms with van der Waals surface area (Å²) in [5, 5.41) is 0.781. The first-order chi connectivity index (χ1) is 6.15. The third-order valence-corrected chi connectivity index (χ3v) is 2.62. The van der Waals surface area contributed by atoms with E-state index in [-0.39, 0.29) is 6.04 Å². The van der Waals surface area contributed by atoms with Gasteiger partial charge < -0.3 is 5.73 Å². The molecule has 0 aliphatic carbocycles. The minimum absolute atomic E-state index is 0.200. The second-order valence-corrected chi connectivity index (χ2v) is 3.86. The van der Waals surface area contributed by atoms with Gasteiger partial charge in [-0.1, -0.05) is 30.7 Å². The first kappa shape index (κ1) is 10.6. The van der Waals surface area contributed by atoms with E-state index in [1.807, 2.05) is 19.1 Å². The lowest BCUT2D eigenvalue weighted by molar-refractivity contribution is 0.553. The van der Waals surface area contributed by atoms with Crippen LogP contribution in [0.5, 0.6) is 0 Å². The maximum absolute atomic E-state index is 5.88. The van der Waals surface area contributed by atoms with Crippen LogP contribution in [-0.4, -0.2) is 6.04 Å². The average molecular weight is 198 g/mol. The molecule has 0 unspecified atom stereocenters. The molecule has 0 saturated carbocycles. The van der Waals surface area contributed by atoms with E-state index in [4.69, 9.17) is 17.3 Å². The van der Waals surface area contributed by atoms with Crippen molar-refractivity contribution in [3.05, 3.63) is 34.9 Å². The molecule has 1 aromatic carbocycles. The van der Waals surface area contributed by atoms with Crippen LogP contribution >= 0.6 is 11.6 Å². The monoisotopic (exact) mass is 197 g/mol. The molecule has 0 aliphatic heterocycles. The van der Waals surface area contributed by atoms with E-state index in [2.05, 4.69) is 19.1 Å². The van der Waals surface area contributed by atoms with Gasteiger partial charge in [-0.3, -0.25) is 0 Å². The molecule has 0 fully saturated rings. The second kappa shape index (κ2) is 4.64. The van der Waals surface area contributed by atoms with Crippen molar-refractivity contribution in [2.24, 2.45) is 5.73 Å². The fraction of sp³-hybridized carbons (Fsp3) is 0.455. The van der Waals surface area contributed by atoms with E-state index in [1.165, 1.54) is 5.56 Å². The summed E-state index contributed by atoms with van der Waals surface area (Å²) in [6.07, 6.45) is 1.07. The Kier molecular flexibility index (Phi) is 3.76. The van der Waals surface area contributed by atoms with Gasteiger partial charge in [-0.05, 0) is 37.0 Å². The van der Waals surface area contributed by atoms with Gasteiger partial charge in [0.25, 0.3) is 0 Å². The number of nitrogens with two attached hydrogens (primary N) is 1. The van der Waals surface area contributed by atoms with Crippen molar-refractivity contribution < 1.29 is 0 Å². The smallest absolute Gasteiger partial charge is 0.0406 e. The number of benzene rings is 1. The van der Waals surface area contributed by atoms with Crippen molar-refractivity contribution in [2.45, 2.75) is 32.2 Å². The van der Waals surface area contributed by atoms with Gasteiger partial charge in [-0.25, -0.2) is 0 Å². The highest BCUT2D eigenvalue weighted by Crippen LogP contribution is 2.23. The summed E-state index contributed by atoms with van der Waals surface area (Å²) in [7, 11) is 0. The van der Waals surface area contributed by atoms with Crippen LogP contribution in [0.2, 0.25) is 5.02 Å². The molecule has 72 valence electrons. The first-order valence-electron chi connectivity index (χ1n) is 4.66. The third kappa shape index (κ3) is 2.71. The van der Waals surface area contributed by atoms with Gasteiger partial charge in [-0.2, -0.15) is 0 Å². The predicted molar refractivity (Wildman–Crippen MR) is 58.1 cm³/mol. The van der Waals surface area contributed by atoms with Gasteiger partial charge in [0.1, 0.15) is 0 Å². The van der Waals surface area contributed by atoms with Crippen molar-refractivity contribution in [3.8, 4) is 0 Å². The highest BCUT2D eigenvalue weighted by Gasteiger charge is 2.13. The van der Waals surface area contributed by atoms with Gasteiger partial charge in [0, 0.05) is 11.1 Å². The van der Waals surface area contributed by atoms with Crippen molar-refractivity contribution in [3.63, 3.8) is 0 Å². The molecular formula is C11H16ClN. The SMILES string of the molecule is CC[C@H](c1ccc(Cl)cc1)[C@@H](C)N. The molecular weight excluding hydrogens is 182 g/mol. The summed E-state index contributed by atoms with van der Waals surface area (Å²) in [5.41, 5.74) is 7.16. The molecule has 0 amide bonds. The Morgan fingerprint density at radius 2 is 1.85 bits per heavy atom. The minimum Gasteiger partial charge on any atom is -0.327 e. The molecule has 1 aromatic rings. The van der Waals surface area contributed by atoms with Crippen molar-refractivity contribution >= 4 is 11.6 Å². The number of hydrogen-bond donors (Lipinski definition) is 1. The summed E-state index contributed by atoms with van der Waals surface area (Å²) >= 11 is 5.81. The molecule has 2 atom stereocenters. The lowest BCUT2D eigenvalue weighted by Crippen LogP contribution is -2.24. The molecule has 0 saturated heterocycles. The fourth-order valence-corrected chi connectivity index (χ4v) is 1.75. The zero-order chi connectivity index (χ0) is 9.84. The van der Waals surface area contributed by atoms with Crippen LogP contribution in [-0.2, 0) is 0 Å². The largest absolute Gasteiger partial charge is 0.327 e. The molecule has 0 radical (unpaired) electrons. The summed E-state index contributed by atoms with van der Waals surface area (Å²) in [6.45, 7) is 4.20. The number of halogens is 1. The summed E-state index contributed by atoms with van der Waals surface area (Å²) in [6, 6.07) is 8.15. The Morgan fingerprint density at radius 3 is 2.23 bits per heavy atom. The van der Waals surface area contributed by atoms with Gasteiger partial charge >= 0.3 is 0 Å². The Balaban J connectivity index is 2.86. The molecule has 0 bridgehead atoms. The quantitative estimate of drug-likeness (QED) is 0.792. The molecule has 1 nitrogen and oxygen atoms in total. The van der Waals surface area contributed by atoms with Crippen LogP contribution in [0.25, 0.3) is 0 Å². The highest BCUT2D eigenvalue weighted by atomic mass is 35.5. The van der Waals surface area contributed by atoms with Crippen LogP contribution in [0.3, 0.4) is 0 Å². The van der Waals surface area contributed by atoms with E-state index in [0.29, 0.717) is 5.92 Å². The summed E-state index contributed by atoms with van der Waals surface area (Å²) in [4.78, 5) is 0. The molecule has 0 heterocycles. The van der Waals surface area contributed by atoms with E-state index in [9.17, 15) is 0 Å². The maximum Gasteiger partial charge on any atom is 0.0406 e. The predicted octanol–water partition coefficient (Wildman–Crippen LogP) is 3.18. The standard InChI is InChI=1S/C11H16ClN/c1-3-11(8(2)13)9-4-6-10(12)7-5-9/h4-8,11H,3,13H2,1-2H3/t8-,11+/m1/s1. The van der Waals surface area contributed by atoms with Crippen LogP contribution in [0.15, 0.2) is 24.3 Å². The Hall–Kier alpha value is -0.530. The number of hydrogen-bond acceptors (Lipinski definition) is 1. The van der Waals surface area contributed by atoms with Gasteiger partial charge in [0.05, 0.1) is 0 Å². The molecule has 13 heavy (non-hydrogen) atoms. The van der Waals surface area contributed by atoms with Gasteiger partial charge in [0.15, 0.2) is 0 Å². The van der Waals surface area contributed by atoms with Crippen LogP contribution in [0, 0.1) is 0 Å². The molecule has 0 spiro atoms. The van der Waals surface area contributed by atoms with Gasteiger partial charge in [-0.15, -0.1) is 0 Å². The van der Waals surface area contributed by atoms with Crippen LogP contribution in [0.4, 0.5) is 0 Å². The van der Waals surface area contributed by atoms with Crippen molar-refractivity contribution in [1.29, 1.82) is 0 Å². The lowest BCUT2D eigenvalue weighted by Gasteiger charge is -2.19. The molecule has 1 rings (SSSR count). The average Bonchev–Trinajstić information content (AvgIpc) is 2.09. The number of rotatable bonds is 3. The Morgan fingerprint density at radius 1 is 1.31 bits per heavy atom. The maximum atomic E-state index is 5.88. The van der Waals surface area contributed by atoms with Gasteiger partial charge in [0.2, 0.25) is 0 Å². The third-order valence-electron chi connectivity index (χ3n) is 2.37. The van der Waals surface area contributed by atoms with E-state index in [1.54, 1.807) is 0 Å². The summed E-state index contributed by atoms with van der Waals surface area (Å²) in [5.74, 6) is 0.442. The van der Waals surface area contributed by atoms with E-state index in [0.717, 1.165) is 11.4 Å². The molecule has 0 aliphatic rings. The fourth-order valence-electron chi connectivity index (χ4n) is 1.62.